The standard InChI is InChI=1S/C20H19NO4/c1-23-16-12-19(24-2)17(20(13-16)25-3)11-10-15-9-8-14-6-4-5-7-18(14)21(15)22/h4-13H,1-3H3/b11-10-. The summed E-state index contributed by atoms with van der Waals surface area (Å²) < 4.78 is 17.0. The van der Waals surface area contributed by atoms with E-state index in [9.17, 15) is 5.21 Å². The molecule has 1 aromatic heterocycles. The summed E-state index contributed by atoms with van der Waals surface area (Å²) in [6.07, 6.45) is 3.54. The van der Waals surface area contributed by atoms with Gasteiger partial charge < -0.3 is 19.4 Å². The van der Waals surface area contributed by atoms with Crippen molar-refractivity contribution in [3.05, 3.63) is 65.0 Å². The van der Waals surface area contributed by atoms with Gasteiger partial charge in [-0.25, -0.2) is 0 Å². The second-order valence-electron chi connectivity index (χ2n) is 5.39. The van der Waals surface area contributed by atoms with Crippen LogP contribution in [0, 0.1) is 5.21 Å². The second kappa shape index (κ2) is 7.13. The fraction of sp³-hybridized carbons (Fsp3) is 0.150. The molecule has 5 heteroatoms. The Balaban J connectivity index is 2.06. The smallest absolute Gasteiger partial charge is 0.224 e. The zero-order valence-electron chi connectivity index (χ0n) is 14.4. The summed E-state index contributed by atoms with van der Waals surface area (Å²) in [6.45, 7) is 0. The van der Waals surface area contributed by atoms with Gasteiger partial charge in [0, 0.05) is 35.7 Å². The Morgan fingerprint density at radius 3 is 2.16 bits per heavy atom. The fourth-order valence-electron chi connectivity index (χ4n) is 2.68. The number of hydrogen-bond donors (Lipinski definition) is 0. The molecule has 0 saturated heterocycles. The number of aromatic nitrogens is 1. The van der Waals surface area contributed by atoms with Gasteiger partial charge in [0.15, 0.2) is 0 Å². The molecule has 0 aliphatic heterocycles. The van der Waals surface area contributed by atoms with Gasteiger partial charge in [0.1, 0.15) is 17.2 Å². The van der Waals surface area contributed by atoms with E-state index in [4.69, 9.17) is 14.2 Å². The van der Waals surface area contributed by atoms with E-state index >= 15 is 0 Å². The van der Waals surface area contributed by atoms with Crippen LogP contribution >= 0.6 is 0 Å². The summed E-state index contributed by atoms with van der Waals surface area (Å²) in [7, 11) is 4.74. The first-order chi connectivity index (χ1) is 12.2. The molecule has 0 saturated carbocycles. The molecule has 0 bridgehead atoms. The fourth-order valence-corrected chi connectivity index (χ4v) is 2.68. The highest BCUT2D eigenvalue weighted by molar-refractivity contribution is 5.79. The minimum absolute atomic E-state index is 0.527. The van der Waals surface area contributed by atoms with Crippen LogP contribution in [0.15, 0.2) is 48.5 Å². The summed E-state index contributed by atoms with van der Waals surface area (Å²) in [5.41, 5.74) is 1.89. The van der Waals surface area contributed by atoms with Crippen molar-refractivity contribution in [1.29, 1.82) is 0 Å². The number of nitrogens with zero attached hydrogens (tertiary/aromatic N) is 1. The van der Waals surface area contributed by atoms with E-state index in [0.717, 1.165) is 15.7 Å². The molecule has 25 heavy (non-hydrogen) atoms. The molecule has 0 aliphatic carbocycles. The van der Waals surface area contributed by atoms with E-state index in [1.165, 1.54) is 0 Å². The first-order valence-electron chi connectivity index (χ1n) is 7.77. The molecule has 0 N–H and O–H groups in total. The van der Waals surface area contributed by atoms with Crippen LogP contribution in [0.25, 0.3) is 23.1 Å². The summed E-state index contributed by atoms with van der Waals surface area (Å²) in [4.78, 5) is 0. The van der Waals surface area contributed by atoms with E-state index in [1.54, 1.807) is 57.7 Å². The summed E-state index contributed by atoms with van der Waals surface area (Å²) >= 11 is 0. The average Bonchev–Trinajstić information content (AvgIpc) is 2.67. The monoisotopic (exact) mass is 337 g/mol. The minimum atomic E-state index is 0.527. The van der Waals surface area contributed by atoms with Crippen LogP contribution < -0.4 is 18.9 Å². The van der Waals surface area contributed by atoms with Crippen LogP contribution in [-0.4, -0.2) is 21.3 Å². The third-order valence-electron chi connectivity index (χ3n) is 4.00. The third-order valence-corrected chi connectivity index (χ3v) is 4.00. The quantitative estimate of drug-likeness (QED) is 0.526. The molecule has 0 radical (unpaired) electrons. The Morgan fingerprint density at radius 2 is 1.52 bits per heavy atom. The van der Waals surface area contributed by atoms with Crippen molar-refractivity contribution < 1.29 is 18.9 Å². The van der Waals surface area contributed by atoms with Crippen LogP contribution in [0.1, 0.15) is 11.3 Å². The Hall–Kier alpha value is -3.21. The zero-order valence-corrected chi connectivity index (χ0v) is 14.4. The van der Waals surface area contributed by atoms with Crippen molar-refractivity contribution in [3.8, 4) is 17.2 Å². The van der Waals surface area contributed by atoms with Crippen molar-refractivity contribution in [1.82, 2.24) is 0 Å². The largest absolute Gasteiger partial charge is 0.618 e. The lowest BCUT2D eigenvalue weighted by Crippen LogP contribution is -2.30. The first-order valence-corrected chi connectivity index (χ1v) is 7.77. The highest BCUT2D eigenvalue weighted by atomic mass is 16.5. The molecule has 2 aromatic carbocycles. The maximum atomic E-state index is 12.5. The maximum absolute atomic E-state index is 12.5. The number of rotatable bonds is 5. The van der Waals surface area contributed by atoms with E-state index in [2.05, 4.69) is 0 Å². The highest BCUT2D eigenvalue weighted by Crippen LogP contribution is 2.35. The molecule has 5 nitrogen and oxygen atoms in total. The van der Waals surface area contributed by atoms with Crippen LogP contribution in [0.4, 0.5) is 0 Å². The molecule has 128 valence electrons. The van der Waals surface area contributed by atoms with Crippen molar-refractivity contribution in [3.63, 3.8) is 0 Å². The number of para-hydroxylation sites is 1. The van der Waals surface area contributed by atoms with E-state index in [-0.39, 0.29) is 0 Å². The number of benzene rings is 2. The SMILES string of the molecule is COc1cc(OC)c(/C=C\c2ccc3ccccc3[n+]2[O-])c(OC)c1. The minimum Gasteiger partial charge on any atom is -0.618 e. The number of methoxy groups -OCH3 is 3. The van der Waals surface area contributed by atoms with Crippen LogP contribution in [0.3, 0.4) is 0 Å². The Bertz CT molecular complexity index is 909. The zero-order chi connectivity index (χ0) is 17.8. The molecular weight excluding hydrogens is 318 g/mol. The topological polar surface area (TPSA) is 54.6 Å². The van der Waals surface area contributed by atoms with Gasteiger partial charge in [-0.3, -0.25) is 0 Å². The van der Waals surface area contributed by atoms with Gasteiger partial charge in [0.05, 0.1) is 26.9 Å². The molecule has 3 rings (SSSR count). The van der Waals surface area contributed by atoms with Gasteiger partial charge in [0.2, 0.25) is 11.2 Å². The number of pyridine rings is 1. The Kier molecular flexibility index (Phi) is 4.75. The van der Waals surface area contributed by atoms with Crippen molar-refractivity contribution in [2.75, 3.05) is 21.3 Å². The van der Waals surface area contributed by atoms with Crippen LogP contribution in [0.5, 0.6) is 17.2 Å². The van der Waals surface area contributed by atoms with Crippen LogP contribution in [0.2, 0.25) is 0 Å². The molecule has 1 heterocycles. The van der Waals surface area contributed by atoms with E-state index in [0.29, 0.717) is 28.5 Å². The Morgan fingerprint density at radius 1 is 0.840 bits per heavy atom. The van der Waals surface area contributed by atoms with Gasteiger partial charge in [-0.15, -0.1) is 0 Å². The van der Waals surface area contributed by atoms with Crippen LogP contribution in [-0.2, 0) is 0 Å². The summed E-state index contributed by atoms with van der Waals surface area (Å²) in [5.74, 6) is 1.84. The number of hydrogen-bond acceptors (Lipinski definition) is 4. The van der Waals surface area contributed by atoms with Gasteiger partial charge in [0.25, 0.3) is 0 Å². The number of fused-ring (bicyclic) bond motifs is 1. The second-order valence-corrected chi connectivity index (χ2v) is 5.39. The van der Waals surface area contributed by atoms with E-state index in [1.807, 2.05) is 24.3 Å². The third kappa shape index (κ3) is 3.21. The van der Waals surface area contributed by atoms with Crippen molar-refractivity contribution in [2.45, 2.75) is 0 Å². The molecule has 0 aliphatic rings. The lowest BCUT2D eigenvalue weighted by molar-refractivity contribution is -0.579. The normalized spacial score (nSPS) is 11.0. The molecule has 0 amide bonds. The van der Waals surface area contributed by atoms with Gasteiger partial charge >= 0.3 is 0 Å². The maximum Gasteiger partial charge on any atom is 0.224 e. The summed E-state index contributed by atoms with van der Waals surface area (Å²) in [5, 5.41) is 13.4. The molecule has 0 unspecified atom stereocenters. The lowest BCUT2D eigenvalue weighted by Gasteiger charge is -2.12. The molecule has 0 fully saturated rings. The highest BCUT2D eigenvalue weighted by Gasteiger charge is 2.12. The van der Waals surface area contributed by atoms with Crippen molar-refractivity contribution in [2.24, 2.45) is 0 Å². The van der Waals surface area contributed by atoms with Crippen molar-refractivity contribution >= 4 is 23.1 Å². The number of ether oxygens (including phenoxy) is 3. The predicted octanol–water partition coefficient (Wildman–Crippen LogP) is 3.67. The molecule has 0 atom stereocenters. The van der Waals surface area contributed by atoms with Gasteiger partial charge in [-0.05, 0) is 18.2 Å². The predicted molar refractivity (Wildman–Crippen MR) is 97.9 cm³/mol. The van der Waals surface area contributed by atoms with Gasteiger partial charge in [-0.2, -0.15) is 4.73 Å². The Labute approximate surface area is 146 Å². The first kappa shape index (κ1) is 16.6. The lowest BCUT2D eigenvalue weighted by atomic mass is 10.1. The van der Waals surface area contributed by atoms with E-state index < -0.39 is 0 Å². The average molecular weight is 337 g/mol. The molecular formula is C20H19NO4. The summed E-state index contributed by atoms with van der Waals surface area (Å²) in [6, 6.07) is 14.7. The molecule has 0 spiro atoms. The molecule has 3 aromatic rings. The van der Waals surface area contributed by atoms with Gasteiger partial charge in [-0.1, -0.05) is 12.1 Å².